The van der Waals surface area contributed by atoms with E-state index in [9.17, 15) is 4.79 Å². The fraction of sp³-hybridized carbons (Fsp3) is 0.417. The molecule has 0 saturated carbocycles. The van der Waals surface area contributed by atoms with Crippen LogP contribution in [0.25, 0.3) is 6.08 Å². The molecule has 5 nitrogen and oxygen atoms in total. The van der Waals surface area contributed by atoms with Gasteiger partial charge in [-0.1, -0.05) is 46.2 Å². The minimum atomic E-state index is -0.565. The Hall–Kier alpha value is -2.82. The number of ether oxygens (including phenoxy) is 3. The summed E-state index contributed by atoms with van der Waals surface area (Å²) >= 11 is 0. The Labute approximate surface area is 173 Å². The van der Waals surface area contributed by atoms with Crippen molar-refractivity contribution in [1.29, 1.82) is 0 Å². The van der Waals surface area contributed by atoms with E-state index in [0.29, 0.717) is 18.1 Å². The van der Waals surface area contributed by atoms with Gasteiger partial charge in [-0.2, -0.15) is 0 Å². The summed E-state index contributed by atoms with van der Waals surface area (Å²) in [5.41, 5.74) is 0.494. The summed E-state index contributed by atoms with van der Waals surface area (Å²) in [6.45, 7) is 10.2. The zero-order chi connectivity index (χ0) is 21.3. The van der Waals surface area contributed by atoms with Gasteiger partial charge in [0.15, 0.2) is 6.10 Å². The maximum absolute atomic E-state index is 11.8. The number of carbonyl (C=O) groups excluding carboxylic acids is 1. The van der Waals surface area contributed by atoms with Gasteiger partial charge in [0.25, 0.3) is 0 Å². The lowest BCUT2D eigenvalue weighted by atomic mass is 9.87. The van der Waals surface area contributed by atoms with Crippen molar-refractivity contribution >= 4 is 12.0 Å². The molecule has 1 aromatic heterocycles. The lowest BCUT2D eigenvalue weighted by molar-refractivity contribution is -0.150. The molecular weight excluding hydrogens is 366 g/mol. The van der Waals surface area contributed by atoms with E-state index in [2.05, 4.69) is 11.9 Å². The van der Waals surface area contributed by atoms with Gasteiger partial charge in [-0.15, -0.1) is 0 Å². The van der Waals surface area contributed by atoms with Crippen LogP contribution in [0, 0.1) is 5.41 Å². The number of carbonyl (C=O) groups is 1. The molecule has 156 valence electrons. The highest BCUT2D eigenvalue weighted by molar-refractivity contribution is 5.67. The molecule has 0 aliphatic heterocycles. The summed E-state index contributed by atoms with van der Waals surface area (Å²) in [4.78, 5) is 15.9. The second kappa shape index (κ2) is 10.6. The first-order valence-electron chi connectivity index (χ1n) is 9.99. The van der Waals surface area contributed by atoms with Crippen LogP contribution in [0.3, 0.4) is 0 Å². The number of unbranched alkanes of at least 4 members (excludes halogenated alkanes) is 1. The first-order valence-corrected chi connectivity index (χ1v) is 9.99. The molecule has 0 bridgehead atoms. The molecule has 2 rings (SSSR count). The third kappa shape index (κ3) is 7.60. The first-order chi connectivity index (χ1) is 13.8. The Morgan fingerprint density at radius 1 is 1.17 bits per heavy atom. The summed E-state index contributed by atoms with van der Waals surface area (Å²) in [7, 11) is 0. The van der Waals surface area contributed by atoms with E-state index in [0.717, 1.165) is 24.2 Å². The molecule has 1 heterocycles. The number of nitrogens with zero attached hydrogens (tertiary/aromatic N) is 1. The van der Waals surface area contributed by atoms with Crippen LogP contribution in [0.5, 0.6) is 11.5 Å². The van der Waals surface area contributed by atoms with E-state index in [1.165, 1.54) is 6.92 Å². The number of hydrogen-bond donors (Lipinski definition) is 0. The predicted molar refractivity (Wildman–Crippen MR) is 115 cm³/mol. The van der Waals surface area contributed by atoms with Crippen molar-refractivity contribution in [2.45, 2.75) is 53.6 Å². The average Bonchev–Trinajstić information content (AvgIpc) is 2.66. The van der Waals surface area contributed by atoms with Crippen LogP contribution in [0.1, 0.15) is 53.0 Å². The predicted octanol–water partition coefficient (Wildman–Crippen LogP) is 5.66. The van der Waals surface area contributed by atoms with Crippen LogP contribution < -0.4 is 9.47 Å². The van der Waals surface area contributed by atoms with Gasteiger partial charge in [0.1, 0.15) is 17.3 Å². The quantitative estimate of drug-likeness (QED) is 0.310. The van der Waals surface area contributed by atoms with E-state index in [1.807, 2.05) is 63.2 Å². The van der Waals surface area contributed by atoms with E-state index >= 15 is 0 Å². The summed E-state index contributed by atoms with van der Waals surface area (Å²) < 4.78 is 17.7. The molecule has 5 heteroatoms. The van der Waals surface area contributed by atoms with Crippen molar-refractivity contribution in [3.05, 3.63) is 60.1 Å². The Morgan fingerprint density at radius 2 is 1.93 bits per heavy atom. The topological polar surface area (TPSA) is 57.6 Å². The van der Waals surface area contributed by atoms with Gasteiger partial charge in [0, 0.05) is 30.8 Å². The Morgan fingerprint density at radius 3 is 2.55 bits per heavy atom. The summed E-state index contributed by atoms with van der Waals surface area (Å²) in [6.07, 6.45) is 6.81. The Balaban J connectivity index is 2.36. The van der Waals surface area contributed by atoms with Gasteiger partial charge in [-0.3, -0.25) is 9.78 Å². The third-order valence-electron chi connectivity index (χ3n) is 4.13. The molecule has 0 amide bonds. The highest BCUT2D eigenvalue weighted by Gasteiger charge is 2.33. The van der Waals surface area contributed by atoms with Crippen LogP contribution in [0.2, 0.25) is 0 Å². The smallest absolute Gasteiger partial charge is 0.303 e. The molecule has 0 saturated heterocycles. The Kier molecular flexibility index (Phi) is 8.25. The average molecular weight is 398 g/mol. The number of esters is 1. The normalized spacial score (nSPS) is 12.9. The largest absolute Gasteiger partial charge is 0.493 e. The minimum absolute atomic E-state index is 0.359. The van der Waals surface area contributed by atoms with Crippen LogP contribution in [0.15, 0.2) is 54.6 Å². The van der Waals surface area contributed by atoms with Crippen molar-refractivity contribution in [2.75, 3.05) is 6.61 Å². The van der Waals surface area contributed by atoms with E-state index in [-0.39, 0.29) is 11.4 Å². The SMILES string of the molecule is CCCCOc1cccc(OC(=Cc2cccnc2)C(OC(C)=O)C(C)(C)C)c1. The van der Waals surface area contributed by atoms with Crippen molar-refractivity contribution in [3.8, 4) is 11.5 Å². The van der Waals surface area contributed by atoms with Crippen molar-refractivity contribution in [3.63, 3.8) is 0 Å². The summed E-state index contributed by atoms with van der Waals surface area (Å²) in [5, 5.41) is 0. The number of rotatable bonds is 9. The third-order valence-corrected chi connectivity index (χ3v) is 4.13. The monoisotopic (exact) mass is 397 g/mol. The fourth-order valence-electron chi connectivity index (χ4n) is 2.71. The lowest BCUT2D eigenvalue weighted by Crippen LogP contribution is -2.34. The summed E-state index contributed by atoms with van der Waals surface area (Å²) in [6, 6.07) is 11.3. The minimum Gasteiger partial charge on any atom is -0.493 e. The molecule has 29 heavy (non-hydrogen) atoms. The lowest BCUT2D eigenvalue weighted by Gasteiger charge is -2.31. The van der Waals surface area contributed by atoms with Crippen LogP contribution in [-0.4, -0.2) is 23.7 Å². The van der Waals surface area contributed by atoms with Gasteiger partial charge < -0.3 is 14.2 Å². The fourth-order valence-corrected chi connectivity index (χ4v) is 2.71. The second-order valence-corrected chi connectivity index (χ2v) is 7.97. The zero-order valence-electron chi connectivity index (χ0n) is 18.0. The van der Waals surface area contributed by atoms with Crippen molar-refractivity contribution in [1.82, 2.24) is 4.98 Å². The van der Waals surface area contributed by atoms with Crippen molar-refractivity contribution in [2.24, 2.45) is 5.41 Å². The van der Waals surface area contributed by atoms with Crippen LogP contribution in [-0.2, 0) is 9.53 Å². The highest BCUT2D eigenvalue weighted by atomic mass is 16.6. The molecule has 1 atom stereocenters. The number of hydrogen-bond acceptors (Lipinski definition) is 5. The van der Waals surface area contributed by atoms with Gasteiger partial charge >= 0.3 is 5.97 Å². The molecule has 0 spiro atoms. The first kappa shape index (κ1) is 22.5. The number of pyridine rings is 1. The number of benzene rings is 1. The standard InChI is InChI=1S/C24H31NO4/c1-6-7-14-27-20-11-8-12-21(16-20)29-22(15-19-10-9-13-25-17-19)23(24(3,4)5)28-18(2)26/h8-13,15-17,23H,6-7,14H2,1-5H3. The van der Waals surface area contributed by atoms with Gasteiger partial charge in [-0.05, 0) is 36.3 Å². The molecule has 1 unspecified atom stereocenters. The summed E-state index contributed by atoms with van der Waals surface area (Å²) in [5.74, 6) is 1.54. The molecule has 0 N–H and O–H groups in total. The molecular formula is C24H31NO4. The van der Waals surface area contributed by atoms with Gasteiger partial charge in [0.05, 0.1) is 6.61 Å². The molecule has 0 fully saturated rings. The van der Waals surface area contributed by atoms with Gasteiger partial charge in [0.2, 0.25) is 0 Å². The molecule has 0 aliphatic rings. The number of aromatic nitrogens is 1. The Bertz CT molecular complexity index is 809. The molecule has 0 radical (unpaired) electrons. The highest BCUT2D eigenvalue weighted by Crippen LogP contribution is 2.32. The van der Waals surface area contributed by atoms with Crippen molar-refractivity contribution < 1.29 is 19.0 Å². The maximum atomic E-state index is 11.8. The molecule has 1 aromatic carbocycles. The van der Waals surface area contributed by atoms with E-state index in [1.54, 1.807) is 12.4 Å². The van der Waals surface area contributed by atoms with E-state index in [4.69, 9.17) is 14.2 Å². The zero-order valence-corrected chi connectivity index (χ0v) is 18.0. The van der Waals surface area contributed by atoms with Crippen LogP contribution >= 0.6 is 0 Å². The second-order valence-electron chi connectivity index (χ2n) is 7.97. The molecule has 2 aromatic rings. The maximum Gasteiger partial charge on any atom is 0.303 e. The van der Waals surface area contributed by atoms with E-state index < -0.39 is 6.10 Å². The molecule has 0 aliphatic carbocycles. The van der Waals surface area contributed by atoms with Crippen LogP contribution in [0.4, 0.5) is 0 Å². The van der Waals surface area contributed by atoms with Gasteiger partial charge in [-0.25, -0.2) is 0 Å².